The largest absolute Gasteiger partial charge is 0.337 e. The van der Waals surface area contributed by atoms with Gasteiger partial charge in [0.05, 0.1) is 12.6 Å². The maximum atomic E-state index is 13.2. The number of fused-ring (bicyclic) bond motifs is 1. The summed E-state index contributed by atoms with van der Waals surface area (Å²) in [5, 5.41) is 2.65. The quantitative estimate of drug-likeness (QED) is 0.882. The Morgan fingerprint density at radius 3 is 2.67 bits per heavy atom. The third-order valence-electron chi connectivity index (χ3n) is 4.96. The summed E-state index contributed by atoms with van der Waals surface area (Å²) in [4.78, 5) is 28.6. The predicted molar refractivity (Wildman–Crippen MR) is 103 cm³/mol. The molecule has 1 heterocycles. The first-order valence-corrected chi connectivity index (χ1v) is 9.05. The summed E-state index contributed by atoms with van der Waals surface area (Å²) >= 11 is 0. The number of carbonyl (C=O) groups is 2. The van der Waals surface area contributed by atoms with Crippen LogP contribution in [-0.2, 0) is 22.6 Å². The first-order chi connectivity index (χ1) is 12.9. The summed E-state index contributed by atoms with van der Waals surface area (Å²) in [5.41, 5.74) is 2.87. The monoisotopic (exact) mass is 369 g/mol. The van der Waals surface area contributed by atoms with Crippen molar-refractivity contribution in [2.24, 2.45) is 0 Å². The molecule has 0 aliphatic carbocycles. The van der Waals surface area contributed by atoms with E-state index >= 15 is 0 Å². The molecule has 2 aromatic carbocycles. The number of likely N-dealkylation sites (N-methyl/N-ethyl adjacent to an activating group) is 1. The standard InChI is InChI=1S/C21H24FN3O2/c1-15(21(27)25-11-10-16-6-3-4-7-17(16)13-25)24(2)14-20(26)23-19-9-5-8-18(22)12-19/h3-9,12,15H,10-11,13-14H2,1-2H3,(H,23,26). The molecule has 0 aromatic heterocycles. The number of halogens is 1. The minimum absolute atomic E-state index is 0.00515. The van der Waals surface area contributed by atoms with E-state index in [0.29, 0.717) is 18.8 Å². The van der Waals surface area contributed by atoms with Gasteiger partial charge in [0.25, 0.3) is 0 Å². The molecule has 6 heteroatoms. The zero-order valence-electron chi connectivity index (χ0n) is 15.6. The second kappa shape index (κ2) is 8.31. The highest BCUT2D eigenvalue weighted by Crippen LogP contribution is 2.19. The highest BCUT2D eigenvalue weighted by Gasteiger charge is 2.27. The molecule has 2 aromatic rings. The number of nitrogens with one attached hydrogen (secondary N) is 1. The average Bonchev–Trinajstić information content (AvgIpc) is 2.66. The van der Waals surface area contributed by atoms with Gasteiger partial charge in [-0.25, -0.2) is 4.39 Å². The Morgan fingerprint density at radius 2 is 1.93 bits per heavy atom. The van der Waals surface area contributed by atoms with E-state index in [1.165, 1.54) is 29.3 Å². The molecule has 3 rings (SSSR count). The highest BCUT2D eigenvalue weighted by molar-refractivity contribution is 5.92. The maximum absolute atomic E-state index is 13.2. The fraction of sp³-hybridized carbons (Fsp3) is 0.333. The molecule has 1 aliphatic heterocycles. The van der Waals surface area contributed by atoms with Crippen LogP contribution < -0.4 is 5.32 Å². The number of hydrogen-bond acceptors (Lipinski definition) is 3. The number of amides is 2. The van der Waals surface area contributed by atoms with Crippen LogP contribution in [0.15, 0.2) is 48.5 Å². The minimum Gasteiger partial charge on any atom is -0.337 e. The van der Waals surface area contributed by atoms with Gasteiger partial charge in [-0.3, -0.25) is 14.5 Å². The Labute approximate surface area is 158 Å². The molecule has 0 saturated carbocycles. The molecule has 142 valence electrons. The van der Waals surface area contributed by atoms with E-state index in [-0.39, 0.29) is 18.4 Å². The first kappa shape index (κ1) is 19.0. The predicted octanol–water partition coefficient (Wildman–Crippen LogP) is 2.67. The van der Waals surface area contributed by atoms with E-state index in [4.69, 9.17) is 0 Å². The second-order valence-electron chi connectivity index (χ2n) is 6.93. The molecule has 0 spiro atoms. The summed E-state index contributed by atoms with van der Waals surface area (Å²) in [7, 11) is 1.74. The van der Waals surface area contributed by atoms with Crippen molar-refractivity contribution in [2.45, 2.75) is 25.9 Å². The molecule has 1 aliphatic rings. The molecular formula is C21H24FN3O2. The fourth-order valence-corrected chi connectivity index (χ4v) is 3.27. The Bertz CT molecular complexity index is 840. The van der Waals surface area contributed by atoms with E-state index in [0.717, 1.165) is 6.42 Å². The molecule has 0 radical (unpaired) electrons. The van der Waals surface area contributed by atoms with E-state index in [9.17, 15) is 14.0 Å². The SMILES string of the molecule is CC(C(=O)N1CCc2ccccc2C1)N(C)CC(=O)Nc1cccc(F)c1. The van der Waals surface area contributed by atoms with Crippen molar-refractivity contribution in [3.8, 4) is 0 Å². The molecule has 1 unspecified atom stereocenters. The van der Waals surface area contributed by atoms with E-state index in [1.54, 1.807) is 24.9 Å². The van der Waals surface area contributed by atoms with Gasteiger partial charge in [0.2, 0.25) is 11.8 Å². The van der Waals surface area contributed by atoms with Crippen molar-refractivity contribution >= 4 is 17.5 Å². The molecule has 1 atom stereocenters. The van der Waals surface area contributed by atoms with Gasteiger partial charge in [0, 0.05) is 18.8 Å². The molecule has 5 nitrogen and oxygen atoms in total. The summed E-state index contributed by atoms with van der Waals surface area (Å²) in [5.74, 6) is -0.688. The van der Waals surface area contributed by atoms with E-state index < -0.39 is 11.9 Å². The third-order valence-corrected chi connectivity index (χ3v) is 4.96. The topological polar surface area (TPSA) is 52.7 Å². The zero-order chi connectivity index (χ0) is 19.4. The summed E-state index contributed by atoms with van der Waals surface area (Å²) in [6.45, 7) is 3.14. The van der Waals surface area contributed by atoms with Gasteiger partial charge in [-0.1, -0.05) is 30.3 Å². The lowest BCUT2D eigenvalue weighted by Gasteiger charge is -2.33. The number of hydrogen-bond donors (Lipinski definition) is 1. The van der Waals surface area contributed by atoms with Gasteiger partial charge in [-0.05, 0) is 49.7 Å². The number of carbonyl (C=O) groups excluding carboxylic acids is 2. The Morgan fingerprint density at radius 1 is 1.19 bits per heavy atom. The van der Waals surface area contributed by atoms with Crippen LogP contribution in [0.3, 0.4) is 0 Å². The molecular weight excluding hydrogens is 345 g/mol. The van der Waals surface area contributed by atoms with Gasteiger partial charge in [-0.15, -0.1) is 0 Å². The lowest BCUT2D eigenvalue weighted by atomic mass is 9.99. The lowest BCUT2D eigenvalue weighted by Crippen LogP contribution is -2.49. The average molecular weight is 369 g/mol. The Kier molecular flexibility index (Phi) is 5.86. The van der Waals surface area contributed by atoms with Gasteiger partial charge in [0.1, 0.15) is 5.82 Å². The fourth-order valence-electron chi connectivity index (χ4n) is 3.27. The van der Waals surface area contributed by atoms with Crippen LogP contribution in [0.2, 0.25) is 0 Å². The normalized spacial score (nSPS) is 14.6. The number of anilines is 1. The lowest BCUT2D eigenvalue weighted by molar-refractivity contribution is -0.137. The third kappa shape index (κ3) is 4.71. The summed E-state index contributed by atoms with van der Waals surface area (Å²) < 4.78 is 13.2. The smallest absolute Gasteiger partial charge is 0.239 e. The van der Waals surface area contributed by atoms with Gasteiger partial charge >= 0.3 is 0 Å². The van der Waals surface area contributed by atoms with Crippen LogP contribution in [-0.4, -0.2) is 47.8 Å². The van der Waals surface area contributed by atoms with Crippen molar-refractivity contribution in [1.29, 1.82) is 0 Å². The van der Waals surface area contributed by atoms with Crippen LogP contribution in [0.25, 0.3) is 0 Å². The number of benzene rings is 2. The van der Waals surface area contributed by atoms with Crippen LogP contribution in [0, 0.1) is 5.82 Å². The highest BCUT2D eigenvalue weighted by atomic mass is 19.1. The number of nitrogens with zero attached hydrogens (tertiary/aromatic N) is 2. The van der Waals surface area contributed by atoms with Crippen LogP contribution in [0.5, 0.6) is 0 Å². The molecule has 1 N–H and O–H groups in total. The number of rotatable bonds is 5. The van der Waals surface area contributed by atoms with Crippen molar-refractivity contribution in [3.63, 3.8) is 0 Å². The van der Waals surface area contributed by atoms with Gasteiger partial charge < -0.3 is 10.2 Å². The second-order valence-corrected chi connectivity index (χ2v) is 6.93. The molecule has 0 saturated heterocycles. The summed E-state index contributed by atoms with van der Waals surface area (Å²) in [6.07, 6.45) is 0.846. The van der Waals surface area contributed by atoms with Crippen LogP contribution >= 0.6 is 0 Å². The van der Waals surface area contributed by atoms with Crippen molar-refractivity contribution in [3.05, 3.63) is 65.5 Å². The van der Waals surface area contributed by atoms with E-state index in [2.05, 4.69) is 17.4 Å². The van der Waals surface area contributed by atoms with Crippen molar-refractivity contribution < 1.29 is 14.0 Å². The van der Waals surface area contributed by atoms with Crippen LogP contribution in [0.1, 0.15) is 18.1 Å². The van der Waals surface area contributed by atoms with E-state index in [1.807, 2.05) is 17.0 Å². The van der Waals surface area contributed by atoms with Crippen molar-refractivity contribution in [2.75, 3.05) is 25.5 Å². The first-order valence-electron chi connectivity index (χ1n) is 9.05. The molecule has 2 amide bonds. The van der Waals surface area contributed by atoms with Crippen molar-refractivity contribution in [1.82, 2.24) is 9.80 Å². The molecule has 27 heavy (non-hydrogen) atoms. The maximum Gasteiger partial charge on any atom is 0.239 e. The molecule has 0 fully saturated rings. The zero-order valence-corrected chi connectivity index (χ0v) is 15.6. The molecule has 0 bridgehead atoms. The Hall–Kier alpha value is -2.73. The Balaban J connectivity index is 1.56. The van der Waals surface area contributed by atoms with Gasteiger partial charge in [0.15, 0.2) is 0 Å². The summed E-state index contributed by atoms with van der Waals surface area (Å²) in [6, 6.07) is 13.5. The van der Waals surface area contributed by atoms with Crippen LogP contribution in [0.4, 0.5) is 10.1 Å². The minimum atomic E-state index is -0.423. The van der Waals surface area contributed by atoms with Gasteiger partial charge in [-0.2, -0.15) is 0 Å².